The van der Waals surface area contributed by atoms with Crippen LogP contribution in [0, 0.1) is 23.7 Å². The van der Waals surface area contributed by atoms with E-state index in [0.717, 1.165) is 42.0 Å². The molecule has 1 N–H and O–H groups in total. The van der Waals surface area contributed by atoms with Crippen LogP contribution in [0.4, 0.5) is 0 Å². The summed E-state index contributed by atoms with van der Waals surface area (Å²) >= 11 is 0. The van der Waals surface area contributed by atoms with Crippen LogP contribution in [0.15, 0.2) is 29.1 Å². The number of aromatic carboxylic acids is 1. The summed E-state index contributed by atoms with van der Waals surface area (Å²) < 4.78 is 1.65. The van der Waals surface area contributed by atoms with Crippen LogP contribution in [0.5, 0.6) is 0 Å². The highest BCUT2D eigenvalue weighted by atomic mass is 16.4. The lowest BCUT2D eigenvalue weighted by molar-refractivity contribution is 0.0228. The maximum absolute atomic E-state index is 13.1. The molecule has 0 spiro atoms. The lowest BCUT2D eigenvalue weighted by Gasteiger charge is -2.47. The number of carboxylic acid groups (broad SMARTS) is 1. The predicted octanol–water partition coefficient (Wildman–Crippen LogP) is 6.36. The third-order valence-electron chi connectivity index (χ3n) is 9.91. The highest BCUT2D eigenvalue weighted by Crippen LogP contribution is 2.46. The molecule has 3 aliphatic rings. The van der Waals surface area contributed by atoms with Crippen LogP contribution >= 0.6 is 0 Å². The van der Waals surface area contributed by atoms with E-state index in [2.05, 4.69) is 30.7 Å². The molecular weight excluding hydrogens is 462 g/mol. The van der Waals surface area contributed by atoms with Gasteiger partial charge in [-0.15, -0.1) is 0 Å². The van der Waals surface area contributed by atoms with E-state index in [4.69, 9.17) is 0 Å². The number of carboxylic acids is 1. The van der Waals surface area contributed by atoms with Gasteiger partial charge in [-0.3, -0.25) is 9.69 Å². The lowest BCUT2D eigenvalue weighted by Crippen LogP contribution is -2.51. The zero-order valence-electron chi connectivity index (χ0n) is 22.9. The number of nitrogens with zero attached hydrogens (tertiary/aromatic N) is 3. The first kappa shape index (κ1) is 26.4. The number of benzene rings is 1. The third-order valence-corrected chi connectivity index (χ3v) is 9.91. The summed E-state index contributed by atoms with van der Waals surface area (Å²) in [7, 11) is 0. The molecule has 1 aromatic carbocycles. The molecule has 1 aliphatic heterocycles. The van der Waals surface area contributed by atoms with Crippen molar-refractivity contribution in [2.75, 3.05) is 0 Å². The zero-order chi connectivity index (χ0) is 26.1. The lowest BCUT2D eigenvalue weighted by atomic mass is 9.64. The normalized spacial score (nSPS) is 30.2. The van der Waals surface area contributed by atoms with Crippen LogP contribution in [0.3, 0.4) is 0 Å². The van der Waals surface area contributed by atoms with Gasteiger partial charge in [0.25, 0.3) is 5.56 Å². The Hall–Kier alpha value is -2.21. The van der Waals surface area contributed by atoms with Gasteiger partial charge in [0.05, 0.1) is 11.0 Å². The Morgan fingerprint density at radius 3 is 2.54 bits per heavy atom. The van der Waals surface area contributed by atoms with E-state index in [-0.39, 0.29) is 5.69 Å². The van der Waals surface area contributed by atoms with Crippen LogP contribution in [0.25, 0.3) is 11.0 Å². The molecule has 0 radical (unpaired) electrons. The van der Waals surface area contributed by atoms with Gasteiger partial charge in [0.2, 0.25) is 5.69 Å². The van der Waals surface area contributed by atoms with E-state index in [9.17, 15) is 14.7 Å². The Morgan fingerprint density at radius 2 is 1.81 bits per heavy atom. The van der Waals surface area contributed by atoms with Crippen molar-refractivity contribution < 1.29 is 9.90 Å². The minimum atomic E-state index is -1.26. The number of rotatable bonds is 8. The standard InChI is InChI=1S/C31H45N3O3/c1-20-16-23(19-25(17-20)24-9-7-10-24)18-22(3)34-21(2)8-6-11-26(34)14-15-33-28-13-5-4-12-27(28)32-29(30(33)35)31(36)37/h4-5,12-13,20-26H,6-11,14-19H2,1-3H3,(H,36,37)/t20-,21-,22-,23-,25+,26-/m0/s1. The highest BCUT2D eigenvalue weighted by molar-refractivity contribution is 5.88. The van der Waals surface area contributed by atoms with E-state index in [1.54, 1.807) is 10.6 Å². The smallest absolute Gasteiger partial charge is 0.360 e. The summed E-state index contributed by atoms with van der Waals surface area (Å²) in [5, 5.41) is 9.58. The molecule has 0 amide bonds. The molecule has 37 heavy (non-hydrogen) atoms. The summed E-state index contributed by atoms with van der Waals surface area (Å²) in [6.45, 7) is 7.80. The van der Waals surface area contributed by atoms with Crippen LogP contribution in [-0.4, -0.2) is 43.7 Å². The van der Waals surface area contributed by atoms with Crippen molar-refractivity contribution in [3.8, 4) is 0 Å². The van der Waals surface area contributed by atoms with Crippen molar-refractivity contribution in [2.24, 2.45) is 23.7 Å². The van der Waals surface area contributed by atoms with Gasteiger partial charge in [-0.05, 0) is 94.6 Å². The Kier molecular flexibility index (Phi) is 8.04. The van der Waals surface area contributed by atoms with Gasteiger partial charge in [-0.1, -0.05) is 44.7 Å². The summed E-state index contributed by atoms with van der Waals surface area (Å²) in [6, 6.07) is 8.87. The third kappa shape index (κ3) is 5.64. The number of aryl methyl sites for hydroxylation is 1. The fourth-order valence-corrected chi connectivity index (χ4v) is 8.12. The van der Waals surface area contributed by atoms with Crippen molar-refractivity contribution in [2.45, 2.75) is 116 Å². The maximum Gasteiger partial charge on any atom is 0.360 e. The molecule has 2 aromatic rings. The molecule has 1 aromatic heterocycles. The van der Waals surface area contributed by atoms with Crippen molar-refractivity contribution in [1.29, 1.82) is 0 Å². The quantitative estimate of drug-likeness (QED) is 0.450. The number of aromatic nitrogens is 2. The van der Waals surface area contributed by atoms with Crippen molar-refractivity contribution in [3.63, 3.8) is 0 Å². The number of hydrogen-bond donors (Lipinski definition) is 1. The second kappa shape index (κ2) is 11.3. The molecule has 2 saturated carbocycles. The van der Waals surface area contributed by atoms with Gasteiger partial charge < -0.3 is 9.67 Å². The fourth-order valence-electron chi connectivity index (χ4n) is 8.12. The second-order valence-corrected chi connectivity index (χ2v) is 12.6. The maximum atomic E-state index is 13.1. The summed E-state index contributed by atoms with van der Waals surface area (Å²) in [6.07, 6.45) is 14.3. The monoisotopic (exact) mass is 507 g/mol. The topological polar surface area (TPSA) is 75.4 Å². The van der Waals surface area contributed by atoms with Gasteiger partial charge in [0.15, 0.2) is 0 Å². The number of hydrogen-bond acceptors (Lipinski definition) is 4. The predicted molar refractivity (Wildman–Crippen MR) is 148 cm³/mol. The molecule has 1 saturated heterocycles. The average Bonchev–Trinajstić information content (AvgIpc) is 2.81. The van der Waals surface area contributed by atoms with Crippen LogP contribution in [0.1, 0.15) is 102 Å². The molecule has 0 bridgehead atoms. The Balaban J connectivity index is 1.31. The Labute approximate surface area is 221 Å². The van der Waals surface area contributed by atoms with E-state index < -0.39 is 11.5 Å². The van der Waals surface area contributed by atoms with Crippen molar-refractivity contribution >= 4 is 17.0 Å². The molecule has 0 unspecified atom stereocenters. The molecule has 3 fully saturated rings. The van der Waals surface area contributed by atoms with Gasteiger partial charge in [0, 0.05) is 24.7 Å². The minimum Gasteiger partial charge on any atom is -0.476 e. The summed E-state index contributed by atoms with van der Waals surface area (Å²) in [5.41, 5.74) is 0.412. The first-order valence-corrected chi connectivity index (χ1v) is 14.8. The van der Waals surface area contributed by atoms with Crippen LogP contribution in [0.2, 0.25) is 0 Å². The summed E-state index contributed by atoms with van der Waals surface area (Å²) in [5.74, 6) is 2.35. The van der Waals surface area contributed by atoms with Gasteiger partial charge in [-0.25, -0.2) is 9.78 Å². The van der Waals surface area contributed by atoms with Crippen LogP contribution in [-0.2, 0) is 6.54 Å². The summed E-state index contributed by atoms with van der Waals surface area (Å²) in [4.78, 5) is 31.7. The Morgan fingerprint density at radius 1 is 1.05 bits per heavy atom. The first-order valence-electron chi connectivity index (χ1n) is 14.8. The van der Waals surface area contributed by atoms with E-state index >= 15 is 0 Å². The van der Waals surface area contributed by atoms with Gasteiger partial charge >= 0.3 is 5.97 Å². The molecular formula is C31H45N3O3. The SMILES string of the molecule is C[C@H]1C[C@@H](C[C@H](C)N2[C@H](CCn3c(=O)c(C(=O)O)nc4ccccc43)CCC[C@@H]2C)C[C@H](C2CCC2)C1. The number of carbonyl (C=O) groups is 1. The molecule has 6 atom stereocenters. The fraction of sp³-hybridized carbons (Fsp3) is 0.710. The van der Waals surface area contributed by atoms with Crippen LogP contribution < -0.4 is 5.56 Å². The zero-order valence-corrected chi connectivity index (χ0v) is 22.9. The minimum absolute atomic E-state index is 0.381. The average molecular weight is 508 g/mol. The van der Waals surface area contributed by atoms with Gasteiger partial charge in [0.1, 0.15) is 0 Å². The molecule has 6 nitrogen and oxygen atoms in total. The first-order chi connectivity index (χ1) is 17.8. The highest BCUT2D eigenvalue weighted by Gasteiger charge is 2.37. The van der Waals surface area contributed by atoms with E-state index in [1.807, 2.05) is 18.2 Å². The molecule has 202 valence electrons. The second-order valence-electron chi connectivity index (χ2n) is 12.6. The number of likely N-dealkylation sites (tertiary alicyclic amines) is 1. The number of para-hydroxylation sites is 2. The van der Waals surface area contributed by atoms with Crippen molar-refractivity contribution in [1.82, 2.24) is 14.5 Å². The molecule has 2 heterocycles. The van der Waals surface area contributed by atoms with E-state index in [1.165, 1.54) is 57.8 Å². The molecule has 5 rings (SSSR count). The largest absolute Gasteiger partial charge is 0.476 e. The Bertz CT molecular complexity index is 1160. The van der Waals surface area contributed by atoms with E-state index in [0.29, 0.717) is 30.2 Å². The number of fused-ring (bicyclic) bond motifs is 1. The van der Waals surface area contributed by atoms with Gasteiger partial charge in [-0.2, -0.15) is 0 Å². The molecule has 2 aliphatic carbocycles. The number of piperidine rings is 1. The molecule has 6 heteroatoms. The van der Waals surface area contributed by atoms with Crippen molar-refractivity contribution in [3.05, 3.63) is 40.3 Å².